The molecule has 0 bridgehead atoms. The lowest BCUT2D eigenvalue weighted by Crippen LogP contribution is -1.99. The molecule has 2 aromatic heterocycles. The van der Waals surface area contributed by atoms with Crippen LogP contribution in [0.3, 0.4) is 0 Å². The zero-order valence-electron chi connectivity index (χ0n) is 21.7. The maximum Gasteiger partial charge on any atom is 0.303 e. The van der Waals surface area contributed by atoms with Crippen LogP contribution in [0.1, 0.15) is 51.4 Å². The third kappa shape index (κ3) is 8.58. The lowest BCUT2D eigenvalue weighted by Gasteiger charge is -2.11. The average Bonchev–Trinajstić information content (AvgIpc) is 2.92. The number of pyridine rings is 2. The molecule has 8 nitrogen and oxygen atoms in total. The molecule has 0 radical (unpaired) electrons. The first kappa shape index (κ1) is 28.2. The lowest BCUT2D eigenvalue weighted by atomic mass is 10.2. The Kier molecular flexibility index (Phi) is 10.4. The second-order valence-corrected chi connectivity index (χ2v) is 10.3. The Morgan fingerprint density at radius 3 is 1.54 bits per heavy atom. The zero-order valence-corrected chi connectivity index (χ0v) is 22.5. The highest BCUT2D eigenvalue weighted by atomic mass is 32.2. The van der Waals surface area contributed by atoms with E-state index in [1.165, 1.54) is 0 Å². The third-order valence-corrected chi connectivity index (χ3v) is 7.33. The molecule has 0 fully saturated rings. The van der Waals surface area contributed by atoms with Crippen molar-refractivity contribution in [2.45, 2.75) is 61.2 Å². The molecule has 0 aliphatic carbocycles. The number of unbranched alkanes of at least 4 members (excludes halogenated alkanes) is 4. The van der Waals surface area contributed by atoms with E-state index in [2.05, 4.69) is 9.97 Å². The van der Waals surface area contributed by atoms with E-state index in [1.54, 1.807) is 24.2 Å². The summed E-state index contributed by atoms with van der Waals surface area (Å²) in [5.74, 6) is -0.0256. The SMILES string of the molecule is O=C(O)CCCCCOc1ccc2c(Sc3ccnc4cc(OCCCCCC(=O)O)ccc34)ccnc2c1. The smallest absolute Gasteiger partial charge is 0.303 e. The van der Waals surface area contributed by atoms with Gasteiger partial charge in [-0.3, -0.25) is 19.6 Å². The van der Waals surface area contributed by atoms with Crippen LogP contribution in [0.2, 0.25) is 0 Å². The summed E-state index contributed by atoms with van der Waals surface area (Å²) in [6.45, 7) is 1.08. The summed E-state index contributed by atoms with van der Waals surface area (Å²) in [6, 6.07) is 15.8. The Balaban J connectivity index is 1.38. The van der Waals surface area contributed by atoms with Gasteiger partial charge in [-0.1, -0.05) is 11.8 Å². The quantitative estimate of drug-likeness (QED) is 0.143. The van der Waals surface area contributed by atoms with Gasteiger partial charge < -0.3 is 19.7 Å². The molecule has 0 unspecified atom stereocenters. The Bertz CT molecular complexity index is 1320. The van der Waals surface area contributed by atoms with E-state index in [0.29, 0.717) is 26.1 Å². The largest absolute Gasteiger partial charge is 0.494 e. The predicted octanol–water partition coefficient (Wildman–Crippen LogP) is 6.98. The second kappa shape index (κ2) is 14.3. The normalized spacial score (nSPS) is 11.1. The Morgan fingerprint density at radius 1 is 0.641 bits per heavy atom. The summed E-state index contributed by atoms with van der Waals surface area (Å²) in [4.78, 5) is 32.5. The van der Waals surface area contributed by atoms with Gasteiger partial charge >= 0.3 is 11.9 Å². The second-order valence-electron chi connectivity index (χ2n) is 9.18. The predicted molar refractivity (Wildman–Crippen MR) is 151 cm³/mol. The number of nitrogens with zero attached hydrogens (tertiary/aromatic N) is 2. The molecule has 9 heteroatoms. The average molecular weight is 549 g/mol. The maximum absolute atomic E-state index is 10.6. The topological polar surface area (TPSA) is 119 Å². The number of ether oxygens (including phenoxy) is 2. The first-order valence-corrected chi connectivity index (χ1v) is 14.0. The first-order chi connectivity index (χ1) is 19.0. The summed E-state index contributed by atoms with van der Waals surface area (Å²) in [5.41, 5.74) is 1.70. The summed E-state index contributed by atoms with van der Waals surface area (Å²) in [5, 5.41) is 19.5. The highest BCUT2D eigenvalue weighted by Gasteiger charge is 2.10. The Morgan fingerprint density at radius 2 is 1.10 bits per heavy atom. The highest BCUT2D eigenvalue weighted by molar-refractivity contribution is 7.99. The molecule has 4 rings (SSSR count). The minimum absolute atomic E-state index is 0.194. The fourth-order valence-electron chi connectivity index (χ4n) is 4.17. The van der Waals surface area contributed by atoms with Crippen LogP contribution < -0.4 is 9.47 Å². The van der Waals surface area contributed by atoms with Gasteiger partial charge in [-0.15, -0.1) is 0 Å². The molecule has 0 spiro atoms. The number of aliphatic carboxylic acids is 2. The van der Waals surface area contributed by atoms with Crippen molar-refractivity contribution in [2.75, 3.05) is 13.2 Å². The molecule has 204 valence electrons. The molecule has 4 aromatic rings. The van der Waals surface area contributed by atoms with Gasteiger partial charge in [0.2, 0.25) is 0 Å². The number of rotatable bonds is 16. The van der Waals surface area contributed by atoms with Gasteiger partial charge in [-0.25, -0.2) is 0 Å². The van der Waals surface area contributed by atoms with Gasteiger partial charge in [0.25, 0.3) is 0 Å². The van der Waals surface area contributed by atoms with Gasteiger partial charge in [0.15, 0.2) is 0 Å². The number of hydrogen-bond donors (Lipinski definition) is 2. The zero-order chi connectivity index (χ0) is 27.5. The van der Waals surface area contributed by atoms with Crippen LogP contribution in [0.25, 0.3) is 21.8 Å². The van der Waals surface area contributed by atoms with E-state index in [-0.39, 0.29) is 12.8 Å². The van der Waals surface area contributed by atoms with E-state index in [9.17, 15) is 9.59 Å². The summed E-state index contributed by atoms with van der Waals surface area (Å²) >= 11 is 1.66. The molecule has 2 heterocycles. The standard InChI is InChI=1S/C30H32N2O6S/c33-29(34)7-3-1-5-17-37-21-9-11-23-25(19-21)31-15-13-27(23)39-28-14-16-32-26-20-22(10-12-24(26)28)38-18-6-2-4-8-30(35)36/h9-16,19-20H,1-8,17-18H2,(H,33,34)(H,35,36). The van der Waals surface area contributed by atoms with Crippen molar-refractivity contribution in [2.24, 2.45) is 0 Å². The minimum Gasteiger partial charge on any atom is -0.494 e. The van der Waals surface area contributed by atoms with Crippen molar-refractivity contribution in [3.63, 3.8) is 0 Å². The number of carboxylic acids is 2. The Hall–Kier alpha value is -3.85. The van der Waals surface area contributed by atoms with Crippen LogP contribution in [0.5, 0.6) is 11.5 Å². The molecule has 0 saturated heterocycles. The number of carboxylic acid groups (broad SMARTS) is 2. The minimum atomic E-state index is -0.762. The van der Waals surface area contributed by atoms with Gasteiger partial charge in [-0.2, -0.15) is 0 Å². The fraction of sp³-hybridized carbons (Fsp3) is 0.333. The van der Waals surface area contributed by atoms with Crippen LogP contribution >= 0.6 is 11.8 Å². The number of carbonyl (C=O) groups is 2. The van der Waals surface area contributed by atoms with E-state index >= 15 is 0 Å². The molecule has 0 saturated carbocycles. The molecule has 39 heavy (non-hydrogen) atoms. The summed E-state index contributed by atoms with van der Waals surface area (Å²) < 4.78 is 11.7. The molecule has 0 amide bonds. The van der Waals surface area contributed by atoms with Crippen molar-refractivity contribution in [3.8, 4) is 11.5 Å². The molecular formula is C30H32N2O6S. The summed E-state index contributed by atoms with van der Waals surface area (Å²) in [7, 11) is 0. The Labute approximate surface area is 231 Å². The molecule has 0 atom stereocenters. The van der Waals surface area contributed by atoms with E-state index in [4.69, 9.17) is 19.7 Å². The van der Waals surface area contributed by atoms with Crippen molar-refractivity contribution in [1.29, 1.82) is 0 Å². The van der Waals surface area contributed by atoms with Crippen LogP contribution in [-0.2, 0) is 9.59 Å². The maximum atomic E-state index is 10.6. The summed E-state index contributed by atoms with van der Waals surface area (Å²) in [6.07, 6.45) is 8.56. The third-order valence-electron chi connectivity index (χ3n) is 6.18. The number of hydrogen-bond acceptors (Lipinski definition) is 7. The van der Waals surface area contributed by atoms with Crippen molar-refractivity contribution >= 4 is 45.5 Å². The monoisotopic (exact) mass is 548 g/mol. The molecular weight excluding hydrogens is 516 g/mol. The number of benzene rings is 2. The molecule has 2 N–H and O–H groups in total. The van der Waals surface area contributed by atoms with Gasteiger partial charge in [0.1, 0.15) is 11.5 Å². The van der Waals surface area contributed by atoms with Gasteiger partial charge in [0.05, 0.1) is 24.2 Å². The first-order valence-electron chi connectivity index (χ1n) is 13.1. The van der Waals surface area contributed by atoms with Crippen LogP contribution in [0.15, 0.2) is 70.7 Å². The van der Waals surface area contributed by atoms with E-state index < -0.39 is 11.9 Å². The fourth-order valence-corrected chi connectivity index (χ4v) is 5.23. The molecule has 0 aliphatic heterocycles. The van der Waals surface area contributed by atoms with E-state index in [0.717, 1.165) is 68.8 Å². The van der Waals surface area contributed by atoms with Crippen LogP contribution in [0, 0.1) is 0 Å². The van der Waals surface area contributed by atoms with Crippen LogP contribution in [-0.4, -0.2) is 45.3 Å². The lowest BCUT2D eigenvalue weighted by molar-refractivity contribution is -0.138. The highest BCUT2D eigenvalue weighted by Crippen LogP contribution is 2.37. The van der Waals surface area contributed by atoms with Crippen molar-refractivity contribution in [3.05, 3.63) is 60.9 Å². The van der Waals surface area contributed by atoms with Crippen molar-refractivity contribution in [1.82, 2.24) is 9.97 Å². The van der Waals surface area contributed by atoms with E-state index in [1.807, 2.05) is 48.5 Å². The number of aromatic nitrogens is 2. The van der Waals surface area contributed by atoms with Crippen LogP contribution in [0.4, 0.5) is 0 Å². The van der Waals surface area contributed by atoms with Gasteiger partial charge in [0, 0.05) is 57.9 Å². The number of fused-ring (bicyclic) bond motifs is 2. The van der Waals surface area contributed by atoms with Crippen molar-refractivity contribution < 1.29 is 29.3 Å². The van der Waals surface area contributed by atoms with Gasteiger partial charge in [-0.05, 0) is 74.9 Å². The molecule has 0 aliphatic rings. The molecule has 2 aromatic carbocycles.